The average Bonchev–Trinajstić information content (AvgIpc) is 3.56. The highest BCUT2D eigenvalue weighted by Crippen LogP contribution is 2.46. The smallest absolute Gasteiger partial charge is 0.227 e. The second-order valence-corrected chi connectivity index (χ2v) is 15.1. The van der Waals surface area contributed by atoms with Crippen LogP contribution in [0.25, 0.3) is 99.0 Å². The SMILES string of the molecule is CC(C)(C)c1c(-c2ccc(-c3c4ccccc4c(-c4ccc(-c5ccccc5)cc4)c4ccccc34)cc2)ccc2c1oc1nc3ccccc3cc12. The summed E-state index contributed by atoms with van der Waals surface area (Å²) in [6.07, 6.45) is 0. The van der Waals surface area contributed by atoms with E-state index in [1.165, 1.54) is 71.6 Å². The first-order valence-electron chi connectivity index (χ1n) is 18.4. The maximum Gasteiger partial charge on any atom is 0.227 e. The summed E-state index contributed by atoms with van der Waals surface area (Å²) in [5, 5.41) is 8.29. The molecule has 2 nitrogen and oxygen atoms in total. The molecule has 0 N–H and O–H groups in total. The fourth-order valence-corrected chi connectivity index (χ4v) is 8.38. The monoisotopic (exact) mass is 679 g/mol. The van der Waals surface area contributed by atoms with E-state index < -0.39 is 0 Å². The van der Waals surface area contributed by atoms with Gasteiger partial charge in [-0.1, -0.05) is 172 Å². The second kappa shape index (κ2) is 12.0. The van der Waals surface area contributed by atoms with E-state index in [0.29, 0.717) is 5.71 Å². The van der Waals surface area contributed by atoms with E-state index in [0.717, 1.165) is 27.3 Å². The topological polar surface area (TPSA) is 26.0 Å². The van der Waals surface area contributed by atoms with E-state index in [1.807, 2.05) is 12.1 Å². The van der Waals surface area contributed by atoms with E-state index in [-0.39, 0.29) is 5.41 Å². The van der Waals surface area contributed by atoms with Crippen molar-refractivity contribution in [3.05, 3.63) is 175 Å². The first kappa shape index (κ1) is 31.2. The number of hydrogen-bond donors (Lipinski definition) is 0. The molecule has 0 radical (unpaired) electrons. The molecule has 0 fully saturated rings. The molecule has 2 heteroatoms. The van der Waals surface area contributed by atoms with Crippen LogP contribution in [0.2, 0.25) is 0 Å². The maximum absolute atomic E-state index is 6.64. The number of para-hydroxylation sites is 1. The van der Waals surface area contributed by atoms with Crippen LogP contribution in [0.1, 0.15) is 26.3 Å². The van der Waals surface area contributed by atoms with Crippen LogP contribution in [-0.2, 0) is 5.41 Å². The van der Waals surface area contributed by atoms with Crippen molar-refractivity contribution in [1.82, 2.24) is 4.98 Å². The van der Waals surface area contributed by atoms with Crippen molar-refractivity contribution in [2.45, 2.75) is 26.2 Å². The molecule has 0 bridgehead atoms. The Morgan fingerprint density at radius 1 is 0.415 bits per heavy atom. The summed E-state index contributed by atoms with van der Waals surface area (Å²) in [6.45, 7) is 6.81. The molecule has 252 valence electrons. The summed E-state index contributed by atoms with van der Waals surface area (Å²) in [5.41, 5.74) is 13.3. The lowest BCUT2D eigenvalue weighted by Crippen LogP contribution is -2.13. The number of rotatable bonds is 4. The Labute approximate surface area is 309 Å². The van der Waals surface area contributed by atoms with E-state index >= 15 is 0 Å². The van der Waals surface area contributed by atoms with Crippen molar-refractivity contribution in [1.29, 1.82) is 0 Å². The molecule has 0 aliphatic rings. The van der Waals surface area contributed by atoms with Crippen LogP contribution in [0.5, 0.6) is 0 Å². The molecule has 53 heavy (non-hydrogen) atoms. The number of pyridine rings is 1. The number of furan rings is 1. The van der Waals surface area contributed by atoms with Gasteiger partial charge in [0.1, 0.15) is 5.58 Å². The van der Waals surface area contributed by atoms with Gasteiger partial charge in [0.05, 0.1) is 5.52 Å². The van der Waals surface area contributed by atoms with Crippen molar-refractivity contribution in [2.75, 3.05) is 0 Å². The molecule has 0 atom stereocenters. The number of aromatic nitrogens is 1. The van der Waals surface area contributed by atoms with Crippen molar-refractivity contribution in [3.63, 3.8) is 0 Å². The van der Waals surface area contributed by atoms with Gasteiger partial charge in [0, 0.05) is 21.7 Å². The lowest BCUT2D eigenvalue weighted by Gasteiger charge is -2.23. The number of benzene rings is 8. The average molecular weight is 680 g/mol. The Hall–Kier alpha value is -6.51. The molecular formula is C51H37NO. The van der Waals surface area contributed by atoms with Crippen LogP contribution in [0.15, 0.2) is 174 Å². The summed E-state index contributed by atoms with van der Waals surface area (Å²) in [4.78, 5) is 4.91. The van der Waals surface area contributed by atoms with Gasteiger partial charge in [0.2, 0.25) is 5.71 Å². The van der Waals surface area contributed by atoms with E-state index in [2.05, 4.69) is 178 Å². The Balaban J connectivity index is 1.12. The Bertz CT molecular complexity index is 2940. The van der Waals surface area contributed by atoms with Gasteiger partial charge in [-0.05, 0) is 89.7 Å². The Morgan fingerprint density at radius 3 is 1.49 bits per heavy atom. The highest BCUT2D eigenvalue weighted by atomic mass is 16.3. The molecule has 0 unspecified atom stereocenters. The maximum atomic E-state index is 6.64. The molecule has 0 spiro atoms. The molecule has 0 saturated heterocycles. The lowest BCUT2D eigenvalue weighted by molar-refractivity contribution is 0.572. The minimum Gasteiger partial charge on any atom is -0.437 e. The first-order valence-corrected chi connectivity index (χ1v) is 18.4. The molecule has 2 aromatic heterocycles. The predicted octanol–water partition coefficient (Wildman–Crippen LogP) is 14.4. The van der Waals surface area contributed by atoms with E-state index in [1.54, 1.807) is 0 Å². The molecular weight excluding hydrogens is 643 g/mol. The summed E-state index contributed by atoms with van der Waals surface area (Å²) in [5.74, 6) is 0. The van der Waals surface area contributed by atoms with Gasteiger partial charge in [0.15, 0.2) is 0 Å². The van der Waals surface area contributed by atoms with Gasteiger partial charge in [-0.2, -0.15) is 0 Å². The zero-order chi connectivity index (χ0) is 35.7. The van der Waals surface area contributed by atoms with Crippen LogP contribution in [0.4, 0.5) is 0 Å². The second-order valence-electron chi connectivity index (χ2n) is 15.1. The summed E-state index contributed by atoms with van der Waals surface area (Å²) in [7, 11) is 0. The fourth-order valence-electron chi connectivity index (χ4n) is 8.38. The molecule has 10 aromatic rings. The van der Waals surface area contributed by atoms with Gasteiger partial charge >= 0.3 is 0 Å². The molecule has 0 aliphatic carbocycles. The van der Waals surface area contributed by atoms with Crippen molar-refractivity contribution in [2.24, 2.45) is 0 Å². The summed E-state index contributed by atoms with van der Waals surface area (Å²) < 4.78 is 6.64. The normalized spacial score (nSPS) is 12.1. The Kier molecular flexibility index (Phi) is 7.10. The van der Waals surface area contributed by atoms with Crippen LogP contribution >= 0.6 is 0 Å². The molecule has 0 aliphatic heterocycles. The quantitative estimate of drug-likeness (QED) is 0.173. The third kappa shape index (κ3) is 5.13. The third-order valence-corrected chi connectivity index (χ3v) is 10.8. The molecule has 10 rings (SSSR count). The molecule has 0 saturated carbocycles. The fraction of sp³-hybridized carbons (Fsp3) is 0.0784. The highest BCUT2D eigenvalue weighted by molar-refractivity contribution is 6.21. The number of hydrogen-bond acceptors (Lipinski definition) is 2. The van der Waals surface area contributed by atoms with Gasteiger partial charge in [-0.25, -0.2) is 4.98 Å². The molecule has 0 amide bonds. The summed E-state index contributed by atoms with van der Waals surface area (Å²) >= 11 is 0. The largest absolute Gasteiger partial charge is 0.437 e. The van der Waals surface area contributed by atoms with Crippen LogP contribution in [0, 0.1) is 0 Å². The van der Waals surface area contributed by atoms with Crippen LogP contribution in [0.3, 0.4) is 0 Å². The van der Waals surface area contributed by atoms with Crippen LogP contribution in [-0.4, -0.2) is 4.98 Å². The predicted molar refractivity (Wildman–Crippen MR) is 224 cm³/mol. The minimum atomic E-state index is -0.164. The van der Waals surface area contributed by atoms with E-state index in [9.17, 15) is 0 Å². The lowest BCUT2D eigenvalue weighted by atomic mass is 9.80. The van der Waals surface area contributed by atoms with Crippen LogP contribution < -0.4 is 0 Å². The van der Waals surface area contributed by atoms with Gasteiger partial charge in [-0.15, -0.1) is 0 Å². The minimum absolute atomic E-state index is 0.164. The van der Waals surface area contributed by atoms with Crippen molar-refractivity contribution in [3.8, 4) is 44.5 Å². The van der Waals surface area contributed by atoms with Gasteiger partial charge < -0.3 is 4.42 Å². The summed E-state index contributed by atoms with van der Waals surface area (Å²) in [6, 6.07) is 61.4. The zero-order valence-electron chi connectivity index (χ0n) is 30.0. The van der Waals surface area contributed by atoms with Crippen molar-refractivity contribution >= 4 is 54.5 Å². The van der Waals surface area contributed by atoms with E-state index in [4.69, 9.17) is 9.40 Å². The van der Waals surface area contributed by atoms with Gasteiger partial charge in [0.25, 0.3) is 0 Å². The highest BCUT2D eigenvalue weighted by Gasteiger charge is 2.26. The van der Waals surface area contributed by atoms with Gasteiger partial charge in [-0.3, -0.25) is 0 Å². The molecule has 8 aromatic carbocycles. The third-order valence-electron chi connectivity index (χ3n) is 10.8. The first-order chi connectivity index (χ1) is 25.9. The Morgan fingerprint density at radius 2 is 0.906 bits per heavy atom. The van der Waals surface area contributed by atoms with Crippen molar-refractivity contribution < 1.29 is 4.42 Å². The molecule has 2 heterocycles. The number of fused-ring (bicyclic) bond motifs is 6. The standard InChI is InChI=1S/C51H37NO/c1-51(2,3)48-38(29-30-43-44-31-37-15-7-12-20-45(37)52-50(44)53-49(43)48)34-23-27-36(28-24-34)47-41-18-10-8-16-39(41)46(40-17-9-11-19-42(40)47)35-25-21-33(22-26-35)32-13-5-4-6-14-32/h4-31H,1-3H3. The zero-order valence-corrected chi connectivity index (χ0v) is 30.0. The number of nitrogens with zero attached hydrogens (tertiary/aromatic N) is 1.